The van der Waals surface area contributed by atoms with Crippen LogP contribution in [0.5, 0.6) is 0 Å². The zero-order valence-electron chi connectivity index (χ0n) is 13.3. The Kier molecular flexibility index (Phi) is 3.81. The molecule has 1 N–H and O–H groups in total. The number of anilines is 2. The number of aromatic nitrogens is 3. The maximum Gasteiger partial charge on any atom is 0.322 e. The first-order chi connectivity index (χ1) is 11.7. The Balaban J connectivity index is 1.39. The lowest BCUT2D eigenvalue weighted by molar-refractivity contribution is 0.208. The number of pyridine rings is 1. The first-order valence-corrected chi connectivity index (χ1v) is 8.74. The van der Waals surface area contributed by atoms with Crippen LogP contribution in [0.1, 0.15) is 5.82 Å². The molecule has 0 saturated carbocycles. The Morgan fingerprint density at radius 3 is 2.79 bits per heavy atom. The highest BCUT2D eigenvalue weighted by atomic mass is 32.1. The molecular formula is C16H18N6OS. The minimum absolute atomic E-state index is 0.0722. The van der Waals surface area contributed by atoms with E-state index >= 15 is 0 Å². The Labute approximate surface area is 143 Å². The highest BCUT2D eigenvalue weighted by Crippen LogP contribution is 2.22. The predicted molar refractivity (Wildman–Crippen MR) is 94.8 cm³/mol. The van der Waals surface area contributed by atoms with Crippen molar-refractivity contribution < 1.29 is 4.79 Å². The first-order valence-electron chi connectivity index (χ1n) is 7.86. The normalized spacial score (nSPS) is 15.0. The Morgan fingerprint density at radius 2 is 2.04 bits per heavy atom. The molecular weight excluding hydrogens is 324 g/mol. The standard InChI is InChI=1S/C16H18N6OS/c1-12-17-14-5-4-13(11-22(14)19-12)18-16(23)21-8-6-20(7-9-21)15-3-2-10-24-15/h2-5,10-11H,6-9H2,1H3,(H,18,23). The number of rotatable bonds is 2. The molecule has 0 bridgehead atoms. The van der Waals surface area contributed by atoms with Gasteiger partial charge in [0.1, 0.15) is 5.82 Å². The summed E-state index contributed by atoms with van der Waals surface area (Å²) in [6, 6.07) is 7.81. The molecule has 0 aliphatic carbocycles. The van der Waals surface area contributed by atoms with Crippen LogP contribution < -0.4 is 10.2 Å². The van der Waals surface area contributed by atoms with E-state index in [0.29, 0.717) is 18.9 Å². The minimum atomic E-state index is -0.0722. The summed E-state index contributed by atoms with van der Waals surface area (Å²) in [6.07, 6.45) is 1.79. The molecule has 8 heteroatoms. The third kappa shape index (κ3) is 2.92. The molecule has 4 rings (SSSR count). The van der Waals surface area contributed by atoms with E-state index in [-0.39, 0.29) is 6.03 Å². The van der Waals surface area contributed by atoms with Crippen molar-refractivity contribution in [2.24, 2.45) is 0 Å². The number of fused-ring (bicyclic) bond motifs is 1. The molecule has 1 fully saturated rings. The van der Waals surface area contributed by atoms with Gasteiger partial charge >= 0.3 is 6.03 Å². The molecule has 0 radical (unpaired) electrons. The van der Waals surface area contributed by atoms with Gasteiger partial charge in [0.05, 0.1) is 16.9 Å². The van der Waals surface area contributed by atoms with Gasteiger partial charge in [-0.2, -0.15) is 5.10 Å². The minimum Gasteiger partial charge on any atom is -0.360 e. The Morgan fingerprint density at radius 1 is 1.21 bits per heavy atom. The number of piperazine rings is 1. The van der Waals surface area contributed by atoms with Crippen molar-refractivity contribution in [2.75, 3.05) is 36.4 Å². The molecule has 2 amide bonds. The van der Waals surface area contributed by atoms with E-state index in [1.807, 2.05) is 24.0 Å². The number of carbonyl (C=O) groups is 1. The van der Waals surface area contributed by atoms with Gasteiger partial charge in [0, 0.05) is 26.2 Å². The number of nitrogens with one attached hydrogen (secondary N) is 1. The Hall–Kier alpha value is -2.61. The number of carbonyl (C=O) groups excluding carboxylic acids is 1. The number of urea groups is 1. The summed E-state index contributed by atoms with van der Waals surface area (Å²) in [5, 5.41) is 10.6. The maximum absolute atomic E-state index is 12.5. The lowest BCUT2D eigenvalue weighted by atomic mass is 10.3. The summed E-state index contributed by atoms with van der Waals surface area (Å²) in [7, 11) is 0. The SMILES string of the molecule is Cc1nc2ccc(NC(=O)N3CCN(c4cccs4)CC3)cn2n1. The van der Waals surface area contributed by atoms with Gasteiger partial charge in [0.2, 0.25) is 0 Å². The van der Waals surface area contributed by atoms with Crippen LogP contribution in [0.15, 0.2) is 35.8 Å². The van der Waals surface area contributed by atoms with Crippen molar-refractivity contribution in [1.29, 1.82) is 0 Å². The quantitative estimate of drug-likeness (QED) is 0.777. The lowest BCUT2D eigenvalue weighted by Crippen LogP contribution is -2.50. The van der Waals surface area contributed by atoms with Crippen LogP contribution in [0.4, 0.5) is 15.5 Å². The van der Waals surface area contributed by atoms with Gasteiger partial charge in [0.25, 0.3) is 0 Å². The predicted octanol–water partition coefficient (Wildman–Crippen LogP) is 2.45. The highest BCUT2D eigenvalue weighted by molar-refractivity contribution is 7.14. The highest BCUT2D eigenvalue weighted by Gasteiger charge is 2.21. The summed E-state index contributed by atoms with van der Waals surface area (Å²) in [4.78, 5) is 20.9. The van der Waals surface area contributed by atoms with Crippen LogP contribution in [0.2, 0.25) is 0 Å². The van der Waals surface area contributed by atoms with Gasteiger partial charge in [-0.05, 0) is 36.6 Å². The lowest BCUT2D eigenvalue weighted by Gasteiger charge is -2.35. The van der Waals surface area contributed by atoms with E-state index in [2.05, 4.69) is 37.8 Å². The molecule has 1 aliphatic heterocycles. The second-order valence-corrected chi connectivity index (χ2v) is 6.66. The van der Waals surface area contributed by atoms with Crippen LogP contribution in [0.25, 0.3) is 5.65 Å². The number of amides is 2. The smallest absolute Gasteiger partial charge is 0.322 e. The second-order valence-electron chi connectivity index (χ2n) is 5.74. The van der Waals surface area contributed by atoms with Crippen LogP contribution in [0, 0.1) is 6.92 Å². The van der Waals surface area contributed by atoms with Gasteiger partial charge in [-0.3, -0.25) is 0 Å². The number of nitrogens with zero attached hydrogens (tertiary/aromatic N) is 5. The summed E-state index contributed by atoms with van der Waals surface area (Å²) < 4.78 is 1.68. The average Bonchev–Trinajstić information content (AvgIpc) is 3.23. The van der Waals surface area contributed by atoms with E-state index in [0.717, 1.165) is 24.4 Å². The number of aryl methyl sites for hydroxylation is 1. The summed E-state index contributed by atoms with van der Waals surface area (Å²) >= 11 is 1.74. The zero-order valence-corrected chi connectivity index (χ0v) is 14.2. The van der Waals surface area contributed by atoms with Crippen LogP contribution in [-0.2, 0) is 0 Å². The molecule has 1 saturated heterocycles. The fraction of sp³-hybridized carbons (Fsp3) is 0.312. The van der Waals surface area contributed by atoms with Crippen LogP contribution in [0.3, 0.4) is 0 Å². The van der Waals surface area contributed by atoms with E-state index < -0.39 is 0 Å². The largest absolute Gasteiger partial charge is 0.360 e. The second kappa shape index (κ2) is 6.12. The van der Waals surface area contributed by atoms with Crippen molar-refractivity contribution >= 4 is 33.7 Å². The van der Waals surface area contributed by atoms with Crippen molar-refractivity contribution in [2.45, 2.75) is 6.92 Å². The first kappa shape index (κ1) is 14.9. The fourth-order valence-corrected chi connectivity index (χ4v) is 3.64. The summed E-state index contributed by atoms with van der Waals surface area (Å²) in [5.41, 5.74) is 1.49. The van der Waals surface area contributed by atoms with Crippen LogP contribution >= 0.6 is 11.3 Å². The Bertz CT molecular complexity index is 851. The van der Waals surface area contributed by atoms with Gasteiger partial charge in [-0.25, -0.2) is 14.3 Å². The molecule has 7 nitrogen and oxygen atoms in total. The van der Waals surface area contributed by atoms with E-state index in [4.69, 9.17) is 0 Å². The molecule has 4 heterocycles. The molecule has 0 atom stereocenters. The monoisotopic (exact) mass is 342 g/mol. The van der Waals surface area contributed by atoms with E-state index in [1.165, 1.54) is 5.00 Å². The van der Waals surface area contributed by atoms with Gasteiger partial charge in [0.15, 0.2) is 5.65 Å². The molecule has 3 aromatic rings. The van der Waals surface area contributed by atoms with Crippen LogP contribution in [-0.4, -0.2) is 51.7 Å². The molecule has 0 aromatic carbocycles. The third-order valence-corrected chi connectivity index (χ3v) is 5.00. The van der Waals surface area contributed by atoms with Gasteiger partial charge < -0.3 is 15.1 Å². The average molecular weight is 342 g/mol. The summed E-state index contributed by atoms with van der Waals surface area (Å²) in [5.74, 6) is 0.711. The van der Waals surface area contributed by atoms with Crippen molar-refractivity contribution in [3.05, 3.63) is 41.7 Å². The molecule has 0 unspecified atom stereocenters. The number of thiophene rings is 1. The maximum atomic E-state index is 12.5. The summed E-state index contributed by atoms with van der Waals surface area (Å²) in [6.45, 7) is 4.99. The van der Waals surface area contributed by atoms with E-state index in [1.54, 1.807) is 22.0 Å². The van der Waals surface area contributed by atoms with Crippen molar-refractivity contribution in [3.8, 4) is 0 Å². The molecule has 3 aromatic heterocycles. The van der Waals surface area contributed by atoms with Gasteiger partial charge in [-0.1, -0.05) is 0 Å². The molecule has 1 aliphatic rings. The molecule has 124 valence electrons. The van der Waals surface area contributed by atoms with Gasteiger partial charge in [-0.15, -0.1) is 11.3 Å². The molecule has 24 heavy (non-hydrogen) atoms. The van der Waals surface area contributed by atoms with Crippen molar-refractivity contribution in [3.63, 3.8) is 0 Å². The topological polar surface area (TPSA) is 65.8 Å². The zero-order chi connectivity index (χ0) is 16.5. The fourth-order valence-electron chi connectivity index (χ4n) is 2.85. The number of hydrogen-bond donors (Lipinski definition) is 1. The molecule has 0 spiro atoms. The van der Waals surface area contributed by atoms with E-state index in [9.17, 15) is 4.79 Å². The number of hydrogen-bond acceptors (Lipinski definition) is 5. The third-order valence-electron chi connectivity index (χ3n) is 4.07. The van der Waals surface area contributed by atoms with Crippen molar-refractivity contribution in [1.82, 2.24) is 19.5 Å².